The molecule has 0 aromatic heterocycles. The highest BCUT2D eigenvalue weighted by Gasteiger charge is 2.22. The van der Waals surface area contributed by atoms with Gasteiger partial charge in [0, 0.05) is 45.0 Å². The number of aromatic carboxylic acids is 1. The maximum atomic E-state index is 12.7. The van der Waals surface area contributed by atoms with Gasteiger partial charge in [-0.15, -0.1) is 0 Å². The molecule has 0 bridgehead atoms. The molecule has 10 heteroatoms. The lowest BCUT2D eigenvalue weighted by molar-refractivity contribution is -0.122. The number of ether oxygens (including phenoxy) is 1. The number of carbonyl (C=O) groups is 3. The van der Waals surface area contributed by atoms with E-state index in [1.54, 1.807) is 42.5 Å². The minimum Gasteiger partial charge on any atom is -0.496 e. The number of para-hydroxylation sites is 1. The summed E-state index contributed by atoms with van der Waals surface area (Å²) in [5.41, 5.74) is 1.30. The number of hydrogen-bond donors (Lipinski definition) is 3. The van der Waals surface area contributed by atoms with Gasteiger partial charge in [-0.25, -0.2) is 4.79 Å². The number of carboxylic acids is 1. The van der Waals surface area contributed by atoms with E-state index in [0.717, 1.165) is 12.2 Å². The summed E-state index contributed by atoms with van der Waals surface area (Å²) in [7, 11) is 5.39. The van der Waals surface area contributed by atoms with E-state index in [2.05, 4.69) is 20.4 Å². The number of piperazine rings is 1. The van der Waals surface area contributed by atoms with E-state index in [9.17, 15) is 19.5 Å². The molecule has 1 aliphatic heterocycles. The molecule has 1 aliphatic rings. The standard InChI is InChI=1S/C25H33N5O5/c1-28(2)11-10-26-23(31)17-29-12-14-30(15-13-29)18-8-9-21(20(16-18)25(33)34)27-24(32)19-6-4-5-7-22(19)35-3/h4-9,16H,10-15,17H2,1-3H3,(H,26,31)(H,27,32)(H,33,34). The maximum absolute atomic E-state index is 12.7. The molecule has 2 amide bonds. The van der Waals surface area contributed by atoms with Gasteiger partial charge in [-0.3, -0.25) is 14.5 Å². The van der Waals surface area contributed by atoms with Crippen LogP contribution in [-0.2, 0) is 4.79 Å². The predicted octanol–water partition coefficient (Wildman–Crippen LogP) is 1.45. The molecule has 2 aromatic rings. The lowest BCUT2D eigenvalue weighted by Crippen LogP contribution is -2.50. The van der Waals surface area contributed by atoms with Gasteiger partial charge in [0.15, 0.2) is 0 Å². The van der Waals surface area contributed by atoms with Gasteiger partial charge in [0.2, 0.25) is 5.91 Å². The van der Waals surface area contributed by atoms with E-state index < -0.39 is 11.9 Å². The van der Waals surface area contributed by atoms with Crippen molar-refractivity contribution in [3.63, 3.8) is 0 Å². The highest BCUT2D eigenvalue weighted by Crippen LogP contribution is 2.26. The van der Waals surface area contributed by atoms with Crippen LogP contribution in [0, 0.1) is 0 Å². The van der Waals surface area contributed by atoms with Crippen molar-refractivity contribution in [2.45, 2.75) is 0 Å². The molecule has 0 radical (unpaired) electrons. The summed E-state index contributed by atoms with van der Waals surface area (Å²) < 4.78 is 5.23. The second kappa shape index (κ2) is 12.2. The number of likely N-dealkylation sites (N-methyl/N-ethyl adjacent to an activating group) is 1. The van der Waals surface area contributed by atoms with Gasteiger partial charge < -0.3 is 30.3 Å². The van der Waals surface area contributed by atoms with Crippen LogP contribution in [0.3, 0.4) is 0 Å². The fourth-order valence-electron chi connectivity index (χ4n) is 3.88. The quantitative estimate of drug-likeness (QED) is 0.465. The van der Waals surface area contributed by atoms with Gasteiger partial charge in [-0.1, -0.05) is 12.1 Å². The van der Waals surface area contributed by atoms with E-state index in [1.165, 1.54) is 7.11 Å². The molecule has 1 heterocycles. The summed E-state index contributed by atoms with van der Waals surface area (Å²) in [5.74, 6) is -1.17. The molecule has 1 fully saturated rings. The van der Waals surface area contributed by atoms with E-state index >= 15 is 0 Å². The molecule has 3 rings (SSSR count). The number of rotatable bonds is 10. The van der Waals surface area contributed by atoms with Crippen LogP contribution in [0.5, 0.6) is 5.75 Å². The van der Waals surface area contributed by atoms with Crippen LogP contribution in [0.4, 0.5) is 11.4 Å². The third kappa shape index (κ3) is 7.17. The fourth-order valence-corrected chi connectivity index (χ4v) is 3.88. The summed E-state index contributed by atoms with van der Waals surface area (Å²) >= 11 is 0. The van der Waals surface area contributed by atoms with Gasteiger partial charge in [-0.05, 0) is 44.4 Å². The summed E-state index contributed by atoms with van der Waals surface area (Å²) in [6, 6.07) is 11.7. The zero-order valence-corrected chi connectivity index (χ0v) is 20.4. The minimum absolute atomic E-state index is 0.00334. The van der Waals surface area contributed by atoms with Gasteiger partial charge in [-0.2, -0.15) is 0 Å². The molecule has 0 atom stereocenters. The van der Waals surface area contributed by atoms with Crippen LogP contribution in [0.2, 0.25) is 0 Å². The van der Waals surface area contributed by atoms with Crippen LogP contribution in [0.25, 0.3) is 0 Å². The van der Waals surface area contributed by atoms with Crippen molar-refractivity contribution in [2.75, 3.05) is 77.2 Å². The van der Waals surface area contributed by atoms with Crippen LogP contribution in [0.15, 0.2) is 42.5 Å². The Morgan fingerprint density at radius 3 is 2.40 bits per heavy atom. The molecule has 35 heavy (non-hydrogen) atoms. The van der Waals surface area contributed by atoms with E-state index in [-0.39, 0.29) is 17.2 Å². The molecule has 2 aromatic carbocycles. The number of nitrogens with zero attached hydrogens (tertiary/aromatic N) is 3. The average molecular weight is 484 g/mol. The predicted molar refractivity (Wildman–Crippen MR) is 135 cm³/mol. The van der Waals surface area contributed by atoms with Crippen molar-refractivity contribution in [1.29, 1.82) is 0 Å². The van der Waals surface area contributed by atoms with Crippen LogP contribution in [0.1, 0.15) is 20.7 Å². The maximum Gasteiger partial charge on any atom is 0.337 e. The van der Waals surface area contributed by atoms with Gasteiger partial charge in [0.05, 0.1) is 30.5 Å². The number of carbonyl (C=O) groups excluding carboxylic acids is 2. The van der Waals surface area contributed by atoms with E-state index in [4.69, 9.17) is 4.74 Å². The largest absolute Gasteiger partial charge is 0.496 e. The average Bonchev–Trinajstić information content (AvgIpc) is 2.84. The molecule has 0 saturated carbocycles. The Morgan fingerprint density at radius 1 is 1.03 bits per heavy atom. The molecule has 0 aliphatic carbocycles. The Balaban J connectivity index is 1.62. The minimum atomic E-state index is -1.13. The Labute approximate surface area is 205 Å². The van der Waals surface area contributed by atoms with Crippen molar-refractivity contribution in [3.8, 4) is 5.75 Å². The zero-order chi connectivity index (χ0) is 25.4. The summed E-state index contributed by atoms with van der Waals surface area (Å²) in [6.45, 7) is 4.46. The van der Waals surface area contributed by atoms with Crippen molar-refractivity contribution in [3.05, 3.63) is 53.6 Å². The molecule has 0 spiro atoms. The molecular formula is C25H33N5O5. The number of hydrogen-bond acceptors (Lipinski definition) is 7. The van der Waals surface area contributed by atoms with Crippen molar-refractivity contribution in [1.82, 2.24) is 15.1 Å². The molecule has 3 N–H and O–H groups in total. The number of amides is 2. The van der Waals surface area contributed by atoms with Crippen molar-refractivity contribution in [2.24, 2.45) is 0 Å². The molecule has 188 valence electrons. The molecule has 0 unspecified atom stereocenters. The second-order valence-electron chi connectivity index (χ2n) is 8.61. The third-order valence-corrected chi connectivity index (χ3v) is 5.82. The van der Waals surface area contributed by atoms with Gasteiger partial charge in [0.1, 0.15) is 5.75 Å². The summed E-state index contributed by atoms with van der Waals surface area (Å²) in [5, 5.41) is 15.4. The number of methoxy groups -OCH3 is 1. The van der Waals surface area contributed by atoms with Crippen molar-refractivity contribution < 1.29 is 24.2 Å². The number of nitrogens with one attached hydrogen (secondary N) is 2. The first-order valence-corrected chi connectivity index (χ1v) is 11.5. The summed E-state index contributed by atoms with van der Waals surface area (Å²) in [4.78, 5) is 43.0. The molecule has 10 nitrogen and oxygen atoms in total. The Hall–Kier alpha value is -3.63. The van der Waals surface area contributed by atoms with Gasteiger partial charge >= 0.3 is 5.97 Å². The first-order valence-electron chi connectivity index (χ1n) is 11.5. The Bertz CT molecular complexity index is 1050. The van der Waals surface area contributed by atoms with Gasteiger partial charge in [0.25, 0.3) is 5.91 Å². The number of benzene rings is 2. The zero-order valence-electron chi connectivity index (χ0n) is 20.4. The summed E-state index contributed by atoms with van der Waals surface area (Å²) in [6.07, 6.45) is 0. The lowest BCUT2D eigenvalue weighted by Gasteiger charge is -2.36. The normalized spacial score (nSPS) is 14.0. The van der Waals surface area contributed by atoms with Crippen LogP contribution in [-0.4, -0.2) is 99.7 Å². The Kier molecular flexibility index (Phi) is 9.04. The fraction of sp³-hybridized carbons (Fsp3) is 0.400. The number of anilines is 2. The lowest BCUT2D eigenvalue weighted by atomic mass is 10.1. The van der Waals surface area contributed by atoms with E-state index in [0.29, 0.717) is 50.6 Å². The number of carboxylic acid groups (broad SMARTS) is 1. The smallest absolute Gasteiger partial charge is 0.337 e. The Morgan fingerprint density at radius 2 is 1.74 bits per heavy atom. The first-order chi connectivity index (χ1) is 16.8. The highest BCUT2D eigenvalue weighted by atomic mass is 16.5. The topological polar surface area (TPSA) is 114 Å². The van der Waals surface area contributed by atoms with E-state index in [1.807, 2.05) is 19.0 Å². The van der Waals surface area contributed by atoms with Crippen LogP contribution >= 0.6 is 0 Å². The molecular weight excluding hydrogens is 450 g/mol. The monoisotopic (exact) mass is 483 g/mol. The second-order valence-corrected chi connectivity index (χ2v) is 8.61. The van der Waals surface area contributed by atoms with Crippen LogP contribution < -0.4 is 20.3 Å². The molecule has 1 saturated heterocycles. The SMILES string of the molecule is COc1ccccc1C(=O)Nc1ccc(N2CCN(CC(=O)NCCN(C)C)CC2)cc1C(=O)O. The van der Waals surface area contributed by atoms with Crippen molar-refractivity contribution >= 4 is 29.2 Å². The highest BCUT2D eigenvalue weighted by molar-refractivity contribution is 6.09. The first kappa shape index (κ1) is 26.0. The third-order valence-electron chi connectivity index (χ3n) is 5.82.